The molecule has 1 aromatic carbocycles. The van der Waals surface area contributed by atoms with Gasteiger partial charge in [-0.25, -0.2) is 0 Å². The number of para-hydroxylation sites is 1. The molecule has 1 unspecified atom stereocenters. The Labute approximate surface area is 111 Å². The molecule has 0 spiro atoms. The molecular weight excluding hydrogens is 242 g/mol. The molecule has 100 valence electrons. The number of fused-ring (bicyclic) bond motifs is 1. The van der Waals surface area contributed by atoms with E-state index in [-0.39, 0.29) is 0 Å². The molecule has 0 saturated heterocycles. The quantitative estimate of drug-likeness (QED) is 0.911. The molecule has 0 aliphatic carbocycles. The van der Waals surface area contributed by atoms with E-state index in [0.29, 0.717) is 6.42 Å². The Morgan fingerprint density at radius 2 is 2.21 bits per heavy atom. The molecule has 2 aromatic rings. The first kappa shape index (κ1) is 12.2. The first-order valence-corrected chi connectivity index (χ1v) is 6.52. The molecule has 0 radical (unpaired) electrons. The summed E-state index contributed by atoms with van der Waals surface area (Å²) in [6.45, 7) is 0. The zero-order chi connectivity index (χ0) is 13.2. The number of rotatable bonds is 3. The van der Waals surface area contributed by atoms with Crippen molar-refractivity contribution in [3.63, 3.8) is 0 Å². The molecule has 1 aliphatic heterocycles. The van der Waals surface area contributed by atoms with E-state index in [9.17, 15) is 5.11 Å². The summed E-state index contributed by atoms with van der Waals surface area (Å²) in [6.07, 6.45) is 2.74. The van der Waals surface area contributed by atoms with Crippen molar-refractivity contribution in [1.82, 2.24) is 14.8 Å². The molecule has 1 N–H and O–H groups in total. The number of aliphatic hydroxyl groups excluding tert-OH is 1. The van der Waals surface area contributed by atoms with E-state index in [0.717, 1.165) is 42.2 Å². The highest BCUT2D eigenvalue weighted by molar-refractivity contribution is 5.35. The van der Waals surface area contributed by atoms with Crippen LogP contribution in [0.15, 0.2) is 24.3 Å². The lowest BCUT2D eigenvalue weighted by atomic mass is 10.1. The number of aliphatic hydroxyl groups is 1. The van der Waals surface area contributed by atoms with Gasteiger partial charge in [0, 0.05) is 18.4 Å². The van der Waals surface area contributed by atoms with Gasteiger partial charge >= 0.3 is 0 Å². The summed E-state index contributed by atoms with van der Waals surface area (Å²) in [4.78, 5) is 0. The Balaban J connectivity index is 1.94. The van der Waals surface area contributed by atoms with E-state index >= 15 is 0 Å². The van der Waals surface area contributed by atoms with Crippen LogP contribution in [-0.2, 0) is 12.8 Å². The van der Waals surface area contributed by atoms with Gasteiger partial charge in [-0.3, -0.25) is 4.57 Å². The number of ether oxygens (including phenoxy) is 1. The van der Waals surface area contributed by atoms with Crippen LogP contribution in [0.25, 0.3) is 0 Å². The number of aromatic nitrogens is 3. The zero-order valence-electron chi connectivity index (χ0n) is 10.9. The van der Waals surface area contributed by atoms with Crippen molar-refractivity contribution in [1.29, 1.82) is 0 Å². The van der Waals surface area contributed by atoms with Gasteiger partial charge in [0.15, 0.2) is 0 Å². The van der Waals surface area contributed by atoms with Crippen LogP contribution in [0.4, 0.5) is 0 Å². The number of hydrogen-bond acceptors (Lipinski definition) is 4. The van der Waals surface area contributed by atoms with E-state index in [2.05, 4.69) is 10.2 Å². The highest BCUT2D eigenvalue weighted by Gasteiger charge is 2.23. The average molecular weight is 259 g/mol. The van der Waals surface area contributed by atoms with Crippen LogP contribution in [-0.4, -0.2) is 27.0 Å². The van der Waals surface area contributed by atoms with Crippen LogP contribution in [0.3, 0.4) is 0 Å². The van der Waals surface area contributed by atoms with Crippen LogP contribution in [0.1, 0.15) is 36.3 Å². The molecule has 2 heterocycles. The predicted molar refractivity (Wildman–Crippen MR) is 70.0 cm³/mol. The third-order valence-corrected chi connectivity index (χ3v) is 3.54. The Kier molecular flexibility index (Phi) is 3.21. The number of nitrogens with zero attached hydrogens (tertiary/aromatic N) is 3. The molecule has 19 heavy (non-hydrogen) atoms. The fraction of sp³-hybridized carbons (Fsp3) is 0.429. The topological polar surface area (TPSA) is 60.2 Å². The lowest BCUT2D eigenvalue weighted by Gasteiger charge is -2.21. The maximum Gasteiger partial charge on any atom is 0.139 e. The molecule has 1 aliphatic rings. The first-order valence-electron chi connectivity index (χ1n) is 6.52. The van der Waals surface area contributed by atoms with Gasteiger partial charge in [0.2, 0.25) is 0 Å². The van der Waals surface area contributed by atoms with Crippen LogP contribution < -0.4 is 4.74 Å². The zero-order valence-corrected chi connectivity index (χ0v) is 10.9. The normalized spacial score (nSPS) is 18.1. The van der Waals surface area contributed by atoms with Gasteiger partial charge in [0.25, 0.3) is 0 Å². The fourth-order valence-corrected chi connectivity index (χ4v) is 2.59. The second kappa shape index (κ2) is 5.01. The maximum absolute atomic E-state index is 10.1. The summed E-state index contributed by atoms with van der Waals surface area (Å²) in [5.41, 5.74) is 1.05. The second-order valence-corrected chi connectivity index (χ2v) is 4.76. The van der Waals surface area contributed by atoms with Gasteiger partial charge in [0.1, 0.15) is 23.6 Å². The minimum absolute atomic E-state index is 0.497. The minimum atomic E-state index is -0.497. The van der Waals surface area contributed by atoms with Crippen LogP contribution in [0.5, 0.6) is 5.75 Å². The Morgan fingerprint density at radius 1 is 1.37 bits per heavy atom. The Hall–Kier alpha value is -1.88. The molecule has 0 fully saturated rings. The average Bonchev–Trinajstić information content (AvgIpc) is 2.84. The number of methoxy groups -OCH3 is 1. The first-order chi connectivity index (χ1) is 9.29. The van der Waals surface area contributed by atoms with Crippen LogP contribution in [0.2, 0.25) is 0 Å². The smallest absolute Gasteiger partial charge is 0.139 e. The van der Waals surface area contributed by atoms with Crippen molar-refractivity contribution in [2.24, 2.45) is 0 Å². The number of benzene rings is 1. The van der Waals surface area contributed by atoms with Crippen molar-refractivity contribution in [2.75, 3.05) is 7.11 Å². The van der Waals surface area contributed by atoms with E-state index in [1.165, 1.54) is 0 Å². The summed E-state index contributed by atoms with van der Waals surface area (Å²) >= 11 is 0. The monoisotopic (exact) mass is 259 g/mol. The fourth-order valence-electron chi connectivity index (χ4n) is 2.59. The SMILES string of the molecule is COc1ccccc1Cc1nnc2n1C(O)CCC2. The minimum Gasteiger partial charge on any atom is -0.496 e. The van der Waals surface area contributed by atoms with E-state index in [1.54, 1.807) is 7.11 Å². The Morgan fingerprint density at radius 3 is 3.05 bits per heavy atom. The third-order valence-electron chi connectivity index (χ3n) is 3.54. The van der Waals surface area contributed by atoms with Crippen molar-refractivity contribution < 1.29 is 9.84 Å². The van der Waals surface area contributed by atoms with E-state index < -0.39 is 6.23 Å². The molecule has 5 nitrogen and oxygen atoms in total. The third kappa shape index (κ3) is 2.21. The molecule has 0 saturated carbocycles. The molecule has 0 amide bonds. The van der Waals surface area contributed by atoms with Gasteiger partial charge in [-0.1, -0.05) is 18.2 Å². The summed E-state index contributed by atoms with van der Waals surface area (Å²) < 4.78 is 7.20. The standard InChI is InChI=1S/C14H17N3O2/c1-19-11-6-3-2-5-10(11)9-13-16-15-12-7-4-8-14(18)17(12)13/h2-3,5-6,14,18H,4,7-9H2,1H3. The van der Waals surface area contributed by atoms with Gasteiger partial charge in [-0.2, -0.15) is 0 Å². The van der Waals surface area contributed by atoms with Crippen molar-refractivity contribution in [3.05, 3.63) is 41.5 Å². The second-order valence-electron chi connectivity index (χ2n) is 4.76. The lowest BCUT2D eigenvalue weighted by molar-refractivity contribution is 0.0752. The maximum atomic E-state index is 10.1. The van der Waals surface area contributed by atoms with Gasteiger partial charge < -0.3 is 9.84 Å². The summed E-state index contributed by atoms with van der Waals surface area (Å²) in [7, 11) is 1.66. The molecular formula is C14H17N3O2. The van der Waals surface area contributed by atoms with Crippen LogP contribution in [0, 0.1) is 0 Å². The molecule has 5 heteroatoms. The lowest BCUT2D eigenvalue weighted by Crippen LogP contribution is -2.19. The molecule has 1 aromatic heterocycles. The van der Waals surface area contributed by atoms with Crippen molar-refractivity contribution in [2.45, 2.75) is 31.9 Å². The van der Waals surface area contributed by atoms with E-state index in [4.69, 9.17) is 4.74 Å². The highest BCUT2D eigenvalue weighted by atomic mass is 16.5. The molecule has 3 rings (SSSR count). The number of aryl methyl sites for hydroxylation is 1. The largest absolute Gasteiger partial charge is 0.496 e. The number of hydrogen-bond donors (Lipinski definition) is 1. The van der Waals surface area contributed by atoms with E-state index in [1.807, 2.05) is 28.8 Å². The predicted octanol–water partition coefficient (Wildman–Crippen LogP) is 1.70. The van der Waals surface area contributed by atoms with Crippen molar-refractivity contribution >= 4 is 0 Å². The molecule has 0 bridgehead atoms. The molecule has 1 atom stereocenters. The Bertz CT molecular complexity index is 580. The summed E-state index contributed by atoms with van der Waals surface area (Å²) in [5.74, 6) is 2.51. The highest BCUT2D eigenvalue weighted by Crippen LogP contribution is 2.26. The van der Waals surface area contributed by atoms with Crippen molar-refractivity contribution in [3.8, 4) is 5.75 Å². The van der Waals surface area contributed by atoms with Gasteiger partial charge in [-0.15, -0.1) is 10.2 Å². The van der Waals surface area contributed by atoms with Gasteiger partial charge in [0.05, 0.1) is 7.11 Å². The summed E-state index contributed by atoms with van der Waals surface area (Å²) in [5, 5.41) is 18.5. The summed E-state index contributed by atoms with van der Waals surface area (Å²) in [6, 6.07) is 7.85. The van der Waals surface area contributed by atoms with Gasteiger partial charge in [-0.05, 0) is 18.9 Å². The van der Waals surface area contributed by atoms with Crippen LogP contribution >= 0.6 is 0 Å².